The molecule has 0 amide bonds. The second-order valence-corrected chi connectivity index (χ2v) is 19.4. The highest BCUT2D eigenvalue weighted by Gasteiger charge is 2.28. The molecule has 3 unspecified atom stereocenters. The molecule has 434 valence electrons. The highest BCUT2D eigenvalue weighted by Crippen LogP contribution is 2.43. The predicted octanol–water partition coefficient (Wildman–Crippen LogP) is 17.2. The van der Waals surface area contributed by atoms with Crippen molar-refractivity contribution >= 4 is 25.7 Å². The van der Waals surface area contributed by atoms with Crippen LogP contribution in [-0.4, -0.2) is 66.5 Å². The fourth-order valence-corrected chi connectivity index (χ4v) is 7.41. The van der Waals surface area contributed by atoms with Crippen LogP contribution in [0.4, 0.5) is 0 Å². The molecule has 78 heavy (non-hydrogen) atoms. The van der Waals surface area contributed by atoms with Crippen LogP contribution in [0.2, 0.25) is 0 Å². The van der Waals surface area contributed by atoms with Gasteiger partial charge in [-0.3, -0.25) is 23.4 Å². The molecule has 0 aliphatic heterocycles. The maximum Gasteiger partial charge on any atom is 0.472 e. The van der Waals surface area contributed by atoms with E-state index in [1.54, 1.807) is 6.08 Å². The summed E-state index contributed by atoms with van der Waals surface area (Å²) in [6.45, 7) is 4.04. The molecule has 3 atom stereocenters. The van der Waals surface area contributed by atoms with Crippen LogP contribution < -0.4 is 0 Å². The first-order valence-corrected chi connectivity index (χ1v) is 30.2. The lowest BCUT2D eigenvalue weighted by Crippen LogP contribution is -2.30. The molecule has 11 nitrogen and oxygen atoms in total. The van der Waals surface area contributed by atoms with Gasteiger partial charge < -0.3 is 24.2 Å². The van der Waals surface area contributed by atoms with Gasteiger partial charge in [-0.25, -0.2) is 4.57 Å². The molecule has 0 aromatic heterocycles. The summed E-state index contributed by atoms with van der Waals surface area (Å²) in [4.78, 5) is 48.5. The van der Waals surface area contributed by atoms with E-state index in [2.05, 4.69) is 167 Å². The highest BCUT2D eigenvalue weighted by molar-refractivity contribution is 7.47. The zero-order valence-electron chi connectivity index (χ0n) is 47.8. The third-order valence-electron chi connectivity index (χ3n) is 10.9. The van der Waals surface area contributed by atoms with Crippen LogP contribution in [0.3, 0.4) is 0 Å². The quantitative estimate of drug-likeness (QED) is 0.0197. The van der Waals surface area contributed by atoms with Gasteiger partial charge in [0.1, 0.15) is 12.7 Å². The predicted molar refractivity (Wildman–Crippen MR) is 324 cm³/mol. The summed E-state index contributed by atoms with van der Waals surface area (Å²) < 4.78 is 39.3. The summed E-state index contributed by atoms with van der Waals surface area (Å²) in [5, 5.41) is 9.80. The van der Waals surface area contributed by atoms with Crippen LogP contribution in [0.15, 0.2) is 182 Å². The fourth-order valence-electron chi connectivity index (χ4n) is 6.62. The van der Waals surface area contributed by atoms with Gasteiger partial charge in [-0.05, 0) is 122 Å². The minimum atomic E-state index is -4.81. The van der Waals surface area contributed by atoms with Crippen molar-refractivity contribution in [3.63, 3.8) is 0 Å². The first kappa shape index (κ1) is 72.6. The number of rotatable bonds is 50. The number of allylic oxidation sites excluding steroid dienone is 29. The minimum absolute atomic E-state index is 0.0729. The molecule has 0 saturated carbocycles. The van der Waals surface area contributed by atoms with Crippen molar-refractivity contribution in [3.8, 4) is 0 Å². The minimum Gasteiger partial charge on any atom is -0.462 e. The third kappa shape index (κ3) is 55.3. The van der Waals surface area contributed by atoms with Crippen LogP contribution in [0.25, 0.3) is 0 Å². The average molecular weight is 1100 g/mol. The van der Waals surface area contributed by atoms with E-state index in [0.29, 0.717) is 19.3 Å². The van der Waals surface area contributed by atoms with Crippen LogP contribution >= 0.6 is 7.82 Å². The van der Waals surface area contributed by atoms with Crippen molar-refractivity contribution < 1.29 is 52.2 Å². The number of phosphoric acid groups is 1. The second-order valence-electron chi connectivity index (χ2n) is 18.0. The van der Waals surface area contributed by atoms with Gasteiger partial charge in [-0.1, -0.05) is 216 Å². The summed E-state index contributed by atoms with van der Waals surface area (Å²) >= 11 is 0. The van der Waals surface area contributed by atoms with E-state index in [4.69, 9.17) is 23.3 Å². The lowest BCUT2D eigenvalue weighted by atomic mass is 10.1. The largest absolute Gasteiger partial charge is 0.472 e. The number of aliphatic hydroxyl groups excluding tert-OH is 1. The number of hydrogen-bond acceptors (Lipinski definition) is 10. The smallest absolute Gasteiger partial charge is 0.462 e. The van der Waals surface area contributed by atoms with Crippen molar-refractivity contribution in [2.45, 2.75) is 187 Å². The van der Waals surface area contributed by atoms with E-state index >= 15 is 0 Å². The van der Waals surface area contributed by atoms with Gasteiger partial charge in [0.15, 0.2) is 6.10 Å². The zero-order chi connectivity index (χ0) is 56.9. The lowest BCUT2D eigenvalue weighted by molar-refractivity contribution is -0.161. The molecule has 2 N–H and O–H groups in total. The van der Waals surface area contributed by atoms with Crippen LogP contribution in [0, 0.1) is 0 Å². The first-order chi connectivity index (χ1) is 38.2. The average Bonchev–Trinajstić information content (AvgIpc) is 3.43. The molecule has 0 spiro atoms. The zero-order valence-corrected chi connectivity index (χ0v) is 48.7. The third-order valence-corrected chi connectivity index (χ3v) is 11.8. The molecule has 0 saturated heterocycles. The Morgan fingerprint density at radius 2 is 0.705 bits per heavy atom. The van der Waals surface area contributed by atoms with Crippen molar-refractivity contribution in [3.05, 3.63) is 182 Å². The van der Waals surface area contributed by atoms with Crippen LogP contribution in [-0.2, 0) is 42.2 Å². The Kier molecular flexibility index (Phi) is 53.7. The molecule has 12 heteroatoms. The number of unbranched alkanes of at least 4 members (excludes halogenated alkanes) is 4. The van der Waals surface area contributed by atoms with Crippen LogP contribution in [0.1, 0.15) is 175 Å². The number of esters is 3. The Balaban J connectivity index is 4.99. The Morgan fingerprint density at radius 3 is 1.10 bits per heavy atom. The van der Waals surface area contributed by atoms with Crippen molar-refractivity contribution in [2.24, 2.45) is 0 Å². The normalized spacial score (nSPS) is 14.7. The number of ether oxygens (including phenoxy) is 3. The highest BCUT2D eigenvalue weighted by atomic mass is 31.2. The molecule has 0 aliphatic rings. The number of hydrogen-bond donors (Lipinski definition) is 2. The van der Waals surface area contributed by atoms with E-state index < -0.39 is 64.4 Å². The molecule has 0 radical (unpaired) electrons. The summed E-state index contributed by atoms with van der Waals surface area (Å²) in [6.07, 6.45) is 78.9. The van der Waals surface area contributed by atoms with Crippen molar-refractivity contribution in [1.82, 2.24) is 0 Å². The number of aliphatic hydroxyl groups is 1. The van der Waals surface area contributed by atoms with Gasteiger partial charge in [0.05, 0.1) is 26.2 Å². The maximum atomic E-state index is 12.9. The van der Waals surface area contributed by atoms with E-state index in [1.807, 2.05) is 30.4 Å². The first-order valence-electron chi connectivity index (χ1n) is 28.7. The van der Waals surface area contributed by atoms with E-state index in [1.165, 1.54) is 0 Å². The molecule has 0 heterocycles. The number of phosphoric ester groups is 1. The molecule has 0 aromatic rings. The van der Waals surface area contributed by atoms with Gasteiger partial charge in [0.2, 0.25) is 0 Å². The Bertz CT molecular complexity index is 2010. The molecule has 0 bridgehead atoms. The fraction of sp³-hybridized carbons (Fsp3) is 0.500. The van der Waals surface area contributed by atoms with Crippen molar-refractivity contribution in [1.29, 1.82) is 0 Å². The van der Waals surface area contributed by atoms with Gasteiger partial charge in [-0.15, -0.1) is 0 Å². The Labute approximate surface area is 471 Å². The van der Waals surface area contributed by atoms with Crippen LogP contribution in [0.5, 0.6) is 0 Å². The maximum absolute atomic E-state index is 12.9. The summed E-state index contributed by atoms with van der Waals surface area (Å²) in [5.74, 6) is -1.76. The van der Waals surface area contributed by atoms with Gasteiger partial charge in [0.25, 0.3) is 0 Å². The monoisotopic (exact) mass is 1100 g/mol. The summed E-state index contributed by atoms with van der Waals surface area (Å²) in [7, 11) is -4.81. The van der Waals surface area contributed by atoms with Gasteiger partial charge >= 0.3 is 25.7 Å². The standard InChI is InChI=1S/C66H99O11P/c1-4-7-10-13-16-19-22-25-28-30-31-33-35-37-40-43-46-49-52-55-64(68)73-59-63(77-66(70)57-54-51-48-45-42-39-36-32-29-26-23-20-17-14-11-8-5-2)61-75-78(71,72)74-60-62(58-67)76-65(69)56-53-50-47-44-41-38-34-27-24-21-18-15-12-9-6-3/h7-12,16-21,25-29,31,33-34,36-37,39-41,44,46,49-50,53,62-63,67H,4-6,13-15,22-24,30,32,35,38,42-43,45,47-48,51-52,54-61H2,1-3H3,(H,71,72)/b10-7-,11-8-,12-9-,19-16-,20-17-,21-18-,28-25-,29-26-,33-31-,34-27-,39-36-,40-37-,44-41-,49-46-,53-50-. The SMILES string of the molecule is CC/C=C\C/C=C\C/C=C\C/C=C\C/C=C\C/C=C\CCC(=O)OCC(COP(=O)(O)OCC(CO)OC(=O)C/C=C\C/C=C\C/C=C\C/C=C\C/C=C\CC)OC(=O)CCCCCC/C=C\C/C=C\C/C=C\C/C=C\CC. The molecule has 0 aromatic carbocycles. The topological polar surface area (TPSA) is 155 Å². The van der Waals surface area contributed by atoms with Gasteiger partial charge in [-0.2, -0.15) is 0 Å². The number of carbonyl (C=O) groups is 3. The summed E-state index contributed by atoms with van der Waals surface area (Å²) in [5.41, 5.74) is 0. The molecule has 0 aliphatic carbocycles. The Morgan fingerprint density at radius 1 is 0.372 bits per heavy atom. The van der Waals surface area contributed by atoms with E-state index in [9.17, 15) is 28.9 Å². The Hall–Kier alpha value is -5.42. The lowest BCUT2D eigenvalue weighted by Gasteiger charge is -2.21. The molecular weight excluding hydrogens is 1000 g/mol. The van der Waals surface area contributed by atoms with E-state index in [0.717, 1.165) is 116 Å². The second kappa shape index (κ2) is 57.7. The van der Waals surface area contributed by atoms with Gasteiger partial charge in [0, 0.05) is 12.8 Å². The molecule has 0 fully saturated rings. The van der Waals surface area contributed by atoms with E-state index in [-0.39, 0.29) is 19.3 Å². The summed E-state index contributed by atoms with van der Waals surface area (Å²) in [6, 6.07) is 0. The molecule has 0 rings (SSSR count). The molecular formula is C66H99O11P. The van der Waals surface area contributed by atoms with Crippen molar-refractivity contribution in [2.75, 3.05) is 26.4 Å². The number of carbonyl (C=O) groups excluding carboxylic acids is 3.